The molecule has 0 bridgehead atoms. The Balaban J connectivity index is 2.04. The van der Waals surface area contributed by atoms with Crippen molar-refractivity contribution >= 4 is 17.5 Å². The van der Waals surface area contributed by atoms with Gasteiger partial charge in [0.2, 0.25) is 11.8 Å². The minimum atomic E-state index is -4.55. The number of halogens is 3. The van der Waals surface area contributed by atoms with Crippen molar-refractivity contribution in [2.24, 2.45) is 11.7 Å². The molecule has 3 N–H and O–H groups in total. The van der Waals surface area contributed by atoms with Gasteiger partial charge in [-0.1, -0.05) is 25.7 Å². The summed E-state index contributed by atoms with van der Waals surface area (Å²) in [7, 11) is 1.00. The predicted octanol–water partition coefficient (Wildman–Crippen LogP) is 2.06. The Morgan fingerprint density at radius 2 is 1.90 bits per heavy atom. The van der Waals surface area contributed by atoms with E-state index in [9.17, 15) is 27.6 Å². The van der Waals surface area contributed by atoms with Gasteiger partial charge >= 0.3 is 6.18 Å². The van der Waals surface area contributed by atoms with Crippen LogP contribution in [-0.4, -0.2) is 52.3 Å². The van der Waals surface area contributed by atoms with Gasteiger partial charge < -0.3 is 16.0 Å². The van der Waals surface area contributed by atoms with Crippen LogP contribution in [-0.2, 0) is 9.59 Å². The van der Waals surface area contributed by atoms with Gasteiger partial charge in [0, 0.05) is 13.1 Å². The van der Waals surface area contributed by atoms with Gasteiger partial charge in [0.05, 0.1) is 17.9 Å². The van der Waals surface area contributed by atoms with E-state index in [1.165, 1.54) is 13.1 Å². The summed E-state index contributed by atoms with van der Waals surface area (Å²) < 4.78 is 38.2. The second-order valence-electron chi connectivity index (χ2n) is 7.78. The van der Waals surface area contributed by atoms with Crippen molar-refractivity contribution in [3.63, 3.8) is 0 Å². The first-order chi connectivity index (χ1) is 14.0. The Morgan fingerprint density at radius 3 is 2.43 bits per heavy atom. The summed E-state index contributed by atoms with van der Waals surface area (Å²) in [6.45, 7) is -0.151. The fraction of sp³-hybridized carbons (Fsp3) is 0.684. The molecule has 168 valence electrons. The molecule has 0 aliphatic heterocycles. The zero-order valence-electron chi connectivity index (χ0n) is 17.1. The Labute approximate surface area is 172 Å². The summed E-state index contributed by atoms with van der Waals surface area (Å²) in [5.41, 5.74) is 5.49. The third-order valence-electron chi connectivity index (χ3n) is 5.32. The number of carbonyl (C=O) groups excluding carboxylic acids is 2. The lowest BCUT2D eigenvalue weighted by Crippen LogP contribution is -2.43. The number of hydrogen-bond acceptors (Lipinski definition) is 5. The van der Waals surface area contributed by atoms with Gasteiger partial charge in [-0.25, -0.2) is 4.68 Å². The highest BCUT2D eigenvalue weighted by atomic mass is 19.4. The number of carbonyl (C=O) groups is 2. The van der Waals surface area contributed by atoms with Gasteiger partial charge in [0.1, 0.15) is 12.6 Å². The highest BCUT2D eigenvalue weighted by molar-refractivity contribution is 5.94. The van der Waals surface area contributed by atoms with E-state index < -0.39 is 42.2 Å². The molecule has 1 aliphatic rings. The first-order valence-corrected chi connectivity index (χ1v) is 9.96. The van der Waals surface area contributed by atoms with Crippen LogP contribution in [0.25, 0.3) is 0 Å². The van der Waals surface area contributed by atoms with Crippen LogP contribution < -0.4 is 16.6 Å². The molecule has 2 amide bonds. The number of likely N-dealkylation sites (N-methyl/N-ethyl adjacent to an activating group) is 1. The number of anilines is 1. The molecule has 0 aromatic carbocycles. The molecule has 11 heteroatoms. The maximum atomic E-state index is 12.5. The second kappa shape index (κ2) is 10.1. The van der Waals surface area contributed by atoms with Gasteiger partial charge in [-0.15, -0.1) is 0 Å². The Hall–Kier alpha value is -2.43. The largest absolute Gasteiger partial charge is 0.406 e. The summed E-state index contributed by atoms with van der Waals surface area (Å²) in [5.74, 6) is -1.26. The Morgan fingerprint density at radius 1 is 1.30 bits per heavy atom. The molecular formula is C19H28F3N5O3. The zero-order chi connectivity index (χ0) is 22.5. The molecule has 2 rings (SSSR count). The van der Waals surface area contributed by atoms with Crippen LogP contribution in [0.15, 0.2) is 17.1 Å². The second-order valence-corrected chi connectivity index (χ2v) is 7.78. The van der Waals surface area contributed by atoms with Gasteiger partial charge in [0.25, 0.3) is 5.56 Å². The van der Waals surface area contributed by atoms with Crippen LogP contribution in [0.2, 0.25) is 0 Å². The van der Waals surface area contributed by atoms with Crippen molar-refractivity contribution in [2.45, 2.75) is 63.7 Å². The summed E-state index contributed by atoms with van der Waals surface area (Å²) in [6, 6.07) is -0.872. The number of nitrogens with one attached hydrogen (secondary N) is 1. The van der Waals surface area contributed by atoms with E-state index in [4.69, 9.17) is 5.73 Å². The van der Waals surface area contributed by atoms with Gasteiger partial charge in [-0.05, 0) is 25.7 Å². The molecule has 30 heavy (non-hydrogen) atoms. The topological polar surface area (TPSA) is 110 Å². The van der Waals surface area contributed by atoms with Crippen LogP contribution in [0.1, 0.15) is 51.5 Å². The number of alkyl halides is 3. The summed E-state index contributed by atoms with van der Waals surface area (Å²) in [6.07, 6.45) is 2.68. The molecular weight excluding hydrogens is 403 g/mol. The molecule has 1 fully saturated rings. The normalized spacial score (nSPS) is 17.7. The molecule has 1 saturated carbocycles. The van der Waals surface area contributed by atoms with Crippen LogP contribution >= 0.6 is 0 Å². The molecule has 0 radical (unpaired) electrons. The fourth-order valence-corrected chi connectivity index (χ4v) is 3.66. The summed E-state index contributed by atoms with van der Waals surface area (Å²) >= 11 is 0. The van der Waals surface area contributed by atoms with Crippen molar-refractivity contribution in [2.75, 3.05) is 18.9 Å². The monoisotopic (exact) mass is 431 g/mol. The van der Waals surface area contributed by atoms with E-state index in [-0.39, 0.29) is 11.6 Å². The third kappa shape index (κ3) is 6.54. The van der Waals surface area contributed by atoms with Crippen molar-refractivity contribution < 1.29 is 22.8 Å². The molecule has 0 spiro atoms. The molecule has 0 saturated heterocycles. The van der Waals surface area contributed by atoms with Gasteiger partial charge in [-0.2, -0.15) is 18.3 Å². The molecule has 2 atom stereocenters. The predicted molar refractivity (Wildman–Crippen MR) is 105 cm³/mol. The van der Waals surface area contributed by atoms with E-state index in [2.05, 4.69) is 10.4 Å². The lowest BCUT2D eigenvalue weighted by molar-refractivity contribution is -0.160. The smallest absolute Gasteiger partial charge is 0.335 e. The molecule has 1 aromatic heterocycles. The number of amides is 2. The van der Waals surface area contributed by atoms with Crippen LogP contribution in [0.4, 0.5) is 18.9 Å². The zero-order valence-corrected chi connectivity index (χ0v) is 17.1. The lowest BCUT2D eigenvalue weighted by Gasteiger charge is -2.23. The first kappa shape index (κ1) is 23.8. The highest BCUT2D eigenvalue weighted by Crippen LogP contribution is 2.25. The first-order valence-electron chi connectivity index (χ1n) is 9.96. The SMILES string of the molecule is C[C@H](C(=O)N(C)CC(F)(F)F)n1ncc(NC(=O)[C@@H](N)C2CCCCCC2)cc1=O. The van der Waals surface area contributed by atoms with Crippen molar-refractivity contribution in [1.29, 1.82) is 0 Å². The van der Waals surface area contributed by atoms with E-state index in [0.29, 0.717) is 4.90 Å². The lowest BCUT2D eigenvalue weighted by atomic mass is 9.92. The standard InChI is InChI=1S/C19H28F3N5O3/c1-12(18(30)26(2)11-19(20,21)22)27-15(28)9-14(10-24-27)25-17(29)16(23)13-7-5-3-4-6-8-13/h9-10,12-13,16H,3-8,11,23H2,1-2H3,(H,25,29)/t12-,16+/m1/s1. The number of aromatic nitrogens is 2. The number of rotatable bonds is 6. The highest BCUT2D eigenvalue weighted by Gasteiger charge is 2.33. The van der Waals surface area contributed by atoms with Crippen LogP contribution in [0.3, 0.4) is 0 Å². The molecule has 1 aliphatic carbocycles. The maximum absolute atomic E-state index is 12.5. The van der Waals surface area contributed by atoms with E-state index in [1.807, 2.05) is 0 Å². The minimum absolute atomic E-state index is 0.0719. The number of hydrogen-bond donors (Lipinski definition) is 2. The summed E-state index contributed by atoms with van der Waals surface area (Å²) in [4.78, 5) is 37.4. The molecule has 8 nitrogen and oxygen atoms in total. The van der Waals surface area contributed by atoms with E-state index in [1.54, 1.807) is 0 Å². The Bertz CT molecular complexity index is 803. The fourth-order valence-electron chi connectivity index (χ4n) is 3.66. The van der Waals surface area contributed by atoms with Crippen molar-refractivity contribution in [3.8, 4) is 0 Å². The average Bonchev–Trinajstić information content (AvgIpc) is 2.94. The number of nitrogens with two attached hydrogens (primary N) is 1. The van der Waals surface area contributed by atoms with E-state index >= 15 is 0 Å². The van der Waals surface area contributed by atoms with Crippen molar-refractivity contribution in [3.05, 3.63) is 22.6 Å². The molecule has 0 unspecified atom stereocenters. The third-order valence-corrected chi connectivity index (χ3v) is 5.32. The summed E-state index contributed by atoms with van der Waals surface area (Å²) in [5, 5.41) is 6.40. The van der Waals surface area contributed by atoms with Gasteiger partial charge in [-0.3, -0.25) is 14.4 Å². The van der Waals surface area contributed by atoms with E-state index in [0.717, 1.165) is 56.3 Å². The molecule has 1 aromatic rings. The van der Waals surface area contributed by atoms with Crippen LogP contribution in [0.5, 0.6) is 0 Å². The van der Waals surface area contributed by atoms with Gasteiger partial charge in [0.15, 0.2) is 0 Å². The molecule has 1 heterocycles. The maximum Gasteiger partial charge on any atom is 0.406 e. The minimum Gasteiger partial charge on any atom is -0.335 e. The van der Waals surface area contributed by atoms with Crippen molar-refractivity contribution in [1.82, 2.24) is 14.7 Å². The van der Waals surface area contributed by atoms with Crippen LogP contribution in [0, 0.1) is 5.92 Å². The Kier molecular flexibility index (Phi) is 7.99. The number of nitrogens with zero attached hydrogens (tertiary/aromatic N) is 3. The average molecular weight is 431 g/mol. The quantitative estimate of drug-likeness (QED) is 0.670.